The first-order valence-electron chi connectivity index (χ1n) is 5.80. The molecule has 2 aromatic carbocycles. The van der Waals surface area contributed by atoms with Gasteiger partial charge in [0.15, 0.2) is 0 Å². The lowest BCUT2D eigenvalue weighted by molar-refractivity contribution is 1.26. The molecule has 1 aromatic heterocycles. The molecule has 0 saturated heterocycles. The van der Waals surface area contributed by atoms with Gasteiger partial charge in [0.2, 0.25) is 0 Å². The first-order valence-corrected chi connectivity index (χ1v) is 5.80. The van der Waals surface area contributed by atoms with Gasteiger partial charge in [-0.15, -0.1) is 12.4 Å². The normalized spacial score (nSPS) is 9.95. The highest BCUT2D eigenvalue weighted by molar-refractivity contribution is 5.89. The number of benzene rings is 2. The third-order valence-corrected chi connectivity index (χ3v) is 2.95. The summed E-state index contributed by atoms with van der Waals surface area (Å²) in [5.41, 5.74) is 5.72. The molecular formula is C15H14ClN3. The number of para-hydroxylation sites is 1. The average Bonchev–Trinajstić information content (AvgIpc) is 2.46. The fourth-order valence-corrected chi connectivity index (χ4v) is 2.06. The lowest BCUT2D eigenvalue weighted by atomic mass is 10.0. The van der Waals surface area contributed by atoms with E-state index >= 15 is 0 Å². The summed E-state index contributed by atoms with van der Waals surface area (Å²) in [5, 5.41) is 1.11. The number of nitrogen functional groups attached to an aromatic ring is 1. The summed E-state index contributed by atoms with van der Waals surface area (Å²) in [5.74, 6) is 6.26. The molecule has 3 aromatic rings. The molecule has 3 rings (SSSR count). The average molecular weight is 272 g/mol. The van der Waals surface area contributed by atoms with Crippen molar-refractivity contribution in [2.45, 2.75) is 0 Å². The van der Waals surface area contributed by atoms with Crippen LogP contribution in [-0.2, 0) is 0 Å². The van der Waals surface area contributed by atoms with Crippen molar-refractivity contribution in [2.24, 2.45) is 5.84 Å². The van der Waals surface area contributed by atoms with Gasteiger partial charge in [0, 0.05) is 10.9 Å². The molecule has 3 nitrogen and oxygen atoms in total. The Labute approximate surface area is 117 Å². The summed E-state index contributed by atoms with van der Waals surface area (Å²) < 4.78 is 0. The molecule has 3 N–H and O–H groups in total. The Morgan fingerprint density at radius 2 is 1.58 bits per heavy atom. The van der Waals surface area contributed by atoms with E-state index in [0.717, 1.165) is 22.0 Å². The van der Waals surface area contributed by atoms with Crippen LogP contribution in [0.25, 0.3) is 22.0 Å². The number of pyridine rings is 1. The first kappa shape index (κ1) is 13.3. The highest BCUT2D eigenvalue weighted by atomic mass is 35.5. The maximum atomic E-state index is 5.57. The van der Waals surface area contributed by atoms with E-state index in [2.05, 4.69) is 22.5 Å². The Balaban J connectivity index is 0.00000133. The second kappa shape index (κ2) is 5.69. The minimum absolute atomic E-state index is 0. The van der Waals surface area contributed by atoms with E-state index in [9.17, 15) is 0 Å². The Hall–Kier alpha value is -2.10. The number of fused-ring (bicyclic) bond motifs is 1. The molecule has 0 aliphatic carbocycles. The summed E-state index contributed by atoms with van der Waals surface area (Å²) in [6.07, 6.45) is 0. The number of rotatable bonds is 2. The molecule has 4 heteroatoms. The molecule has 1 heterocycles. The number of anilines is 1. The molecular weight excluding hydrogens is 258 g/mol. The van der Waals surface area contributed by atoms with Crippen molar-refractivity contribution in [3.05, 3.63) is 60.7 Å². The fourth-order valence-electron chi connectivity index (χ4n) is 2.06. The van der Waals surface area contributed by atoms with Crippen LogP contribution in [0.1, 0.15) is 0 Å². The zero-order valence-electron chi connectivity index (χ0n) is 10.2. The number of halogens is 1. The van der Waals surface area contributed by atoms with Crippen LogP contribution < -0.4 is 11.3 Å². The van der Waals surface area contributed by atoms with E-state index in [1.54, 1.807) is 0 Å². The Morgan fingerprint density at radius 3 is 2.32 bits per heavy atom. The van der Waals surface area contributed by atoms with Gasteiger partial charge >= 0.3 is 0 Å². The van der Waals surface area contributed by atoms with Gasteiger partial charge in [-0.05, 0) is 17.7 Å². The number of hydrogen-bond acceptors (Lipinski definition) is 3. The van der Waals surface area contributed by atoms with Gasteiger partial charge in [-0.1, -0.05) is 48.5 Å². The molecule has 96 valence electrons. The standard InChI is InChI=1S/C15H13N3.ClH/c16-18-15-13(11-6-2-1-3-7-11)10-12-8-4-5-9-14(12)17-15;/h1-10H,16H2,(H,17,18);1H. The minimum Gasteiger partial charge on any atom is -0.308 e. The smallest absolute Gasteiger partial charge is 0.148 e. The molecule has 0 amide bonds. The predicted octanol–water partition coefficient (Wildman–Crippen LogP) is 3.61. The molecule has 0 fully saturated rings. The number of nitrogens with one attached hydrogen (secondary N) is 1. The summed E-state index contributed by atoms with van der Waals surface area (Å²) in [7, 11) is 0. The van der Waals surface area contributed by atoms with E-state index in [4.69, 9.17) is 5.84 Å². The van der Waals surface area contributed by atoms with Crippen LogP contribution in [0.3, 0.4) is 0 Å². The van der Waals surface area contributed by atoms with Crippen LogP contribution in [0.15, 0.2) is 60.7 Å². The van der Waals surface area contributed by atoms with Gasteiger partial charge < -0.3 is 5.43 Å². The Bertz CT molecular complexity index is 683. The van der Waals surface area contributed by atoms with Crippen LogP contribution in [0.4, 0.5) is 5.82 Å². The largest absolute Gasteiger partial charge is 0.308 e. The van der Waals surface area contributed by atoms with Gasteiger partial charge in [0.1, 0.15) is 5.82 Å². The molecule has 0 bridgehead atoms. The van der Waals surface area contributed by atoms with E-state index in [0.29, 0.717) is 5.82 Å². The maximum Gasteiger partial charge on any atom is 0.148 e. The van der Waals surface area contributed by atoms with Gasteiger partial charge in [0.05, 0.1) is 5.52 Å². The van der Waals surface area contributed by atoms with Crippen molar-refractivity contribution in [3.63, 3.8) is 0 Å². The van der Waals surface area contributed by atoms with Gasteiger partial charge in [0.25, 0.3) is 0 Å². The number of nitrogens with zero attached hydrogens (tertiary/aromatic N) is 1. The van der Waals surface area contributed by atoms with Gasteiger partial charge in [-0.3, -0.25) is 0 Å². The zero-order valence-corrected chi connectivity index (χ0v) is 11.0. The monoisotopic (exact) mass is 271 g/mol. The topological polar surface area (TPSA) is 50.9 Å². The highest BCUT2D eigenvalue weighted by Gasteiger charge is 2.07. The molecule has 0 spiro atoms. The third kappa shape index (κ3) is 2.52. The van der Waals surface area contributed by atoms with E-state index in [1.165, 1.54) is 0 Å². The second-order valence-electron chi connectivity index (χ2n) is 4.09. The summed E-state index contributed by atoms with van der Waals surface area (Å²) >= 11 is 0. The quantitative estimate of drug-likeness (QED) is 0.553. The Morgan fingerprint density at radius 1 is 0.895 bits per heavy atom. The number of hydrazine groups is 1. The van der Waals surface area contributed by atoms with Crippen LogP contribution in [-0.4, -0.2) is 4.98 Å². The molecule has 0 atom stereocenters. The molecule has 0 saturated carbocycles. The molecule has 0 aliphatic rings. The highest BCUT2D eigenvalue weighted by Crippen LogP contribution is 2.29. The first-order chi connectivity index (χ1) is 8.88. The van der Waals surface area contributed by atoms with Crippen LogP contribution >= 0.6 is 12.4 Å². The van der Waals surface area contributed by atoms with Crippen molar-refractivity contribution < 1.29 is 0 Å². The predicted molar refractivity (Wildman–Crippen MR) is 82.2 cm³/mol. The van der Waals surface area contributed by atoms with Crippen molar-refractivity contribution >= 4 is 29.1 Å². The van der Waals surface area contributed by atoms with E-state index in [1.807, 2.05) is 48.5 Å². The minimum atomic E-state index is 0. The number of aromatic nitrogens is 1. The van der Waals surface area contributed by atoms with Crippen LogP contribution in [0.5, 0.6) is 0 Å². The number of nitrogens with two attached hydrogens (primary N) is 1. The van der Waals surface area contributed by atoms with Crippen LogP contribution in [0.2, 0.25) is 0 Å². The van der Waals surface area contributed by atoms with Gasteiger partial charge in [-0.2, -0.15) is 0 Å². The van der Waals surface area contributed by atoms with Gasteiger partial charge in [-0.25, -0.2) is 10.8 Å². The summed E-state index contributed by atoms with van der Waals surface area (Å²) in [4.78, 5) is 4.53. The molecule has 0 radical (unpaired) electrons. The lowest BCUT2D eigenvalue weighted by Gasteiger charge is -2.10. The van der Waals surface area contributed by atoms with Crippen molar-refractivity contribution in [1.82, 2.24) is 4.98 Å². The van der Waals surface area contributed by atoms with E-state index < -0.39 is 0 Å². The Kier molecular flexibility index (Phi) is 4.00. The van der Waals surface area contributed by atoms with Crippen molar-refractivity contribution in [1.29, 1.82) is 0 Å². The fraction of sp³-hybridized carbons (Fsp3) is 0. The van der Waals surface area contributed by atoms with E-state index in [-0.39, 0.29) is 12.4 Å². The lowest BCUT2D eigenvalue weighted by Crippen LogP contribution is -2.10. The molecule has 0 unspecified atom stereocenters. The van der Waals surface area contributed by atoms with Crippen LogP contribution in [0, 0.1) is 0 Å². The zero-order chi connectivity index (χ0) is 12.4. The second-order valence-corrected chi connectivity index (χ2v) is 4.09. The number of hydrogen-bond donors (Lipinski definition) is 2. The molecule has 0 aliphatic heterocycles. The molecule has 19 heavy (non-hydrogen) atoms. The SMILES string of the molecule is Cl.NNc1nc2ccccc2cc1-c1ccccc1. The van der Waals surface area contributed by atoms with Crippen molar-refractivity contribution in [3.8, 4) is 11.1 Å². The maximum absolute atomic E-state index is 5.57. The summed E-state index contributed by atoms with van der Waals surface area (Å²) in [6, 6.07) is 20.2. The summed E-state index contributed by atoms with van der Waals surface area (Å²) in [6.45, 7) is 0. The van der Waals surface area contributed by atoms with Crippen molar-refractivity contribution in [2.75, 3.05) is 5.43 Å². The third-order valence-electron chi connectivity index (χ3n) is 2.95.